The molecule has 6 nitrogen and oxygen atoms in total. The molecule has 0 aromatic heterocycles. The standard InChI is InChI=1S/C7H12N2O4P/c1-5(2)13-14(12)9-6(10)4-8(3)7(9)11/h5H,4H2,1-3H3/q+1. The van der Waals surface area contributed by atoms with E-state index in [0.29, 0.717) is 4.67 Å². The fourth-order valence-electron chi connectivity index (χ4n) is 0.994. The third kappa shape index (κ3) is 2.08. The van der Waals surface area contributed by atoms with Crippen molar-refractivity contribution < 1.29 is 18.7 Å². The predicted octanol–water partition coefficient (Wildman–Crippen LogP) is 0.963. The lowest BCUT2D eigenvalue weighted by atomic mass is 10.5. The SMILES string of the molecule is CC(C)O[P+](=O)N1C(=O)CN(C)C1=O. The van der Waals surface area contributed by atoms with Gasteiger partial charge in [-0.1, -0.05) is 0 Å². The van der Waals surface area contributed by atoms with Crippen LogP contribution in [-0.2, 0) is 13.9 Å². The largest absolute Gasteiger partial charge is 0.658 e. The summed E-state index contributed by atoms with van der Waals surface area (Å²) in [6, 6.07) is -0.572. The van der Waals surface area contributed by atoms with Gasteiger partial charge in [0.05, 0.1) is 0 Å². The van der Waals surface area contributed by atoms with E-state index in [2.05, 4.69) is 0 Å². The first-order valence-corrected chi connectivity index (χ1v) is 5.28. The number of hydrogen-bond acceptors (Lipinski definition) is 4. The van der Waals surface area contributed by atoms with Crippen LogP contribution in [0.25, 0.3) is 0 Å². The molecule has 3 amide bonds. The summed E-state index contributed by atoms with van der Waals surface area (Å²) in [4.78, 5) is 23.7. The Balaban J connectivity index is 2.73. The summed E-state index contributed by atoms with van der Waals surface area (Å²) in [5.41, 5.74) is 0. The van der Waals surface area contributed by atoms with Gasteiger partial charge < -0.3 is 4.90 Å². The van der Waals surface area contributed by atoms with E-state index in [1.165, 1.54) is 11.9 Å². The Morgan fingerprint density at radius 1 is 1.43 bits per heavy atom. The summed E-state index contributed by atoms with van der Waals surface area (Å²) in [5.74, 6) is -0.487. The molecule has 1 aliphatic rings. The summed E-state index contributed by atoms with van der Waals surface area (Å²) < 4.78 is 17.0. The molecule has 1 aliphatic heterocycles. The van der Waals surface area contributed by atoms with E-state index in [1.807, 2.05) is 0 Å². The van der Waals surface area contributed by atoms with Crippen molar-refractivity contribution in [2.45, 2.75) is 20.0 Å². The smallest absolute Gasteiger partial charge is 0.315 e. The number of likely N-dealkylation sites (N-methyl/N-ethyl adjacent to an activating group) is 1. The van der Waals surface area contributed by atoms with Gasteiger partial charge in [0.1, 0.15) is 12.6 Å². The third-order valence-corrected chi connectivity index (χ3v) is 2.90. The van der Waals surface area contributed by atoms with Crippen LogP contribution in [-0.4, -0.2) is 41.2 Å². The number of nitrogens with zero attached hydrogens (tertiary/aromatic N) is 2. The van der Waals surface area contributed by atoms with Crippen molar-refractivity contribution in [2.75, 3.05) is 13.6 Å². The van der Waals surface area contributed by atoms with Gasteiger partial charge in [-0.05, 0) is 23.1 Å². The minimum absolute atomic E-state index is 0.0403. The average Bonchev–Trinajstić information content (AvgIpc) is 2.25. The summed E-state index contributed by atoms with van der Waals surface area (Å²) >= 11 is 0. The first kappa shape index (κ1) is 11.1. The summed E-state index contributed by atoms with van der Waals surface area (Å²) in [7, 11) is -0.913. The summed E-state index contributed by atoms with van der Waals surface area (Å²) in [5, 5.41) is 0. The van der Waals surface area contributed by atoms with E-state index in [9.17, 15) is 14.2 Å². The van der Waals surface area contributed by atoms with E-state index in [4.69, 9.17) is 4.52 Å². The van der Waals surface area contributed by atoms with Crippen LogP contribution in [0.15, 0.2) is 0 Å². The molecular formula is C7H12N2O4P+. The van der Waals surface area contributed by atoms with Gasteiger partial charge in [0.2, 0.25) is 0 Å². The monoisotopic (exact) mass is 219 g/mol. The van der Waals surface area contributed by atoms with Gasteiger partial charge in [0.25, 0.3) is 5.91 Å². The van der Waals surface area contributed by atoms with Gasteiger partial charge in [-0.15, -0.1) is 4.52 Å². The molecule has 1 unspecified atom stereocenters. The Morgan fingerprint density at radius 3 is 2.36 bits per heavy atom. The van der Waals surface area contributed by atoms with Crippen molar-refractivity contribution in [1.82, 2.24) is 9.57 Å². The molecule has 0 spiro atoms. The quantitative estimate of drug-likeness (QED) is 0.523. The van der Waals surface area contributed by atoms with Crippen LogP contribution in [0, 0.1) is 0 Å². The zero-order valence-electron chi connectivity index (χ0n) is 8.26. The molecule has 0 aliphatic carbocycles. The number of rotatable bonds is 3. The van der Waals surface area contributed by atoms with Crippen LogP contribution in [0.3, 0.4) is 0 Å². The Kier molecular flexibility index (Phi) is 3.18. The molecule has 14 heavy (non-hydrogen) atoms. The highest BCUT2D eigenvalue weighted by Crippen LogP contribution is 2.33. The second kappa shape index (κ2) is 4.02. The number of hydrogen-bond donors (Lipinski definition) is 0. The normalized spacial score (nSPS) is 18.4. The molecule has 1 saturated heterocycles. The minimum atomic E-state index is -2.38. The highest BCUT2D eigenvalue weighted by molar-refractivity contribution is 7.38. The molecule has 7 heteroatoms. The fraction of sp³-hybridized carbons (Fsp3) is 0.714. The van der Waals surface area contributed by atoms with Crippen molar-refractivity contribution in [2.24, 2.45) is 0 Å². The Morgan fingerprint density at radius 2 is 2.00 bits per heavy atom. The highest BCUT2D eigenvalue weighted by atomic mass is 31.1. The molecular weight excluding hydrogens is 207 g/mol. The van der Waals surface area contributed by atoms with E-state index in [-0.39, 0.29) is 12.6 Å². The molecule has 0 bridgehead atoms. The fourth-order valence-corrected chi connectivity index (χ4v) is 1.99. The zero-order chi connectivity index (χ0) is 10.9. The molecule has 0 saturated carbocycles. The van der Waals surface area contributed by atoms with Crippen molar-refractivity contribution in [3.63, 3.8) is 0 Å². The maximum absolute atomic E-state index is 11.4. The van der Waals surface area contributed by atoms with Gasteiger partial charge >= 0.3 is 14.2 Å². The van der Waals surface area contributed by atoms with E-state index < -0.39 is 20.1 Å². The van der Waals surface area contributed by atoms with Gasteiger partial charge in [0.15, 0.2) is 0 Å². The van der Waals surface area contributed by atoms with Gasteiger partial charge in [-0.25, -0.2) is 4.79 Å². The lowest BCUT2D eigenvalue weighted by Crippen LogP contribution is -2.26. The van der Waals surface area contributed by atoms with Gasteiger partial charge in [-0.3, -0.25) is 4.79 Å². The topological polar surface area (TPSA) is 66.9 Å². The van der Waals surface area contributed by atoms with Crippen LogP contribution >= 0.6 is 8.18 Å². The maximum atomic E-state index is 11.4. The highest BCUT2D eigenvalue weighted by Gasteiger charge is 2.49. The molecule has 78 valence electrons. The summed E-state index contributed by atoms with van der Waals surface area (Å²) in [6.45, 7) is 3.32. The molecule has 0 aromatic rings. The number of amides is 3. The van der Waals surface area contributed by atoms with Gasteiger partial charge in [-0.2, -0.15) is 0 Å². The Hall–Kier alpha value is -1.00. The molecule has 0 aromatic carbocycles. The second-order valence-electron chi connectivity index (χ2n) is 3.24. The number of carbonyl (C=O) groups is 2. The van der Waals surface area contributed by atoms with Crippen molar-refractivity contribution in [1.29, 1.82) is 0 Å². The molecule has 1 heterocycles. The van der Waals surface area contributed by atoms with Crippen LogP contribution in [0.5, 0.6) is 0 Å². The minimum Gasteiger partial charge on any atom is -0.315 e. The van der Waals surface area contributed by atoms with Crippen LogP contribution in [0.1, 0.15) is 13.8 Å². The van der Waals surface area contributed by atoms with Crippen LogP contribution in [0.4, 0.5) is 4.79 Å². The maximum Gasteiger partial charge on any atom is 0.658 e. The van der Waals surface area contributed by atoms with E-state index in [1.54, 1.807) is 13.8 Å². The number of urea groups is 1. The van der Waals surface area contributed by atoms with E-state index in [0.717, 1.165) is 0 Å². The molecule has 1 atom stereocenters. The molecule has 0 N–H and O–H groups in total. The van der Waals surface area contributed by atoms with Crippen molar-refractivity contribution in [3.8, 4) is 0 Å². The average molecular weight is 219 g/mol. The third-order valence-electron chi connectivity index (χ3n) is 1.58. The van der Waals surface area contributed by atoms with Crippen molar-refractivity contribution >= 4 is 20.1 Å². The van der Waals surface area contributed by atoms with Crippen LogP contribution < -0.4 is 0 Å². The van der Waals surface area contributed by atoms with Crippen molar-refractivity contribution in [3.05, 3.63) is 0 Å². The van der Waals surface area contributed by atoms with E-state index >= 15 is 0 Å². The second-order valence-corrected chi connectivity index (χ2v) is 4.32. The predicted molar refractivity (Wildman–Crippen MR) is 48.7 cm³/mol. The first-order chi connectivity index (χ1) is 6.43. The molecule has 1 fully saturated rings. The number of carbonyl (C=O) groups excluding carboxylic acids is 2. The zero-order valence-corrected chi connectivity index (χ0v) is 9.15. The lowest BCUT2D eigenvalue weighted by molar-refractivity contribution is -0.122. The molecule has 0 radical (unpaired) electrons. The molecule has 1 rings (SSSR count). The van der Waals surface area contributed by atoms with Gasteiger partial charge in [0, 0.05) is 7.05 Å². The Bertz CT molecular complexity index is 291. The lowest BCUT2D eigenvalue weighted by Gasteiger charge is -2.02. The first-order valence-electron chi connectivity index (χ1n) is 4.15. The van der Waals surface area contributed by atoms with Crippen LogP contribution in [0.2, 0.25) is 0 Å². The summed E-state index contributed by atoms with van der Waals surface area (Å²) in [6.07, 6.45) is -0.287. The number of imide groups is 1. The Labute approximate surface area is 82.7 Å².